The standard InChI is InChI=1S/C23H26N2O4/c1-16-7-9-17(10-8-16)21-20(19(26)12-11-18-6-4-15-29-18)22(27)23(28)25(21)14-5-13-24(2)3/h4,6-12,15,21,27H,5,13-14H2,1-3H3/b12-11+. The number of benzene rings is 1. The van der Waals surface area contributed by atoms with E-state index in [4.69, 9.17) is 4.42 Å². The van der Waals surface area contributed by atoms with Crippen molar-refractivity contribution in [2.75, 3.05) is 27.2 Å². The number of aliphatic hydroxyl groups excluding tert-OH is 1. The number of carbonyl (C=O) groups excluding carboxylic acids is 2. The van der Waals surface area contributed by atoms with Crippen LogP contribution < -0.4 is 0 Å². The second kappa shape index (κ2) is 8.92. The van der Waals surface area contributed by atoms with Crippen molar-refractivity contribution in [2.24, 2.45) is 0 Å². The van der Waals surface area contributed by atoms with Gasteiger partial charge in [0.25, 0.3) is 5.91 Å². The summed E-state index contributed by atoms with van der Waals surface area (Å²) in [5.74, 6) is -0.871. The third-order valence-electron chi connectivity index (χ3n) is 4.91. The molecule has 3 rings (SSSR count). The van der Waals surface area contributed by atoms with Crippen LogP contribution in [0.5, 0.6) is 0 Å². The Hall–Kier alpha value is -3.12. The van der Waals surface area contributed by atoms with E-state index in [9.17, 15) is 14.7 Å². The number of carbonyl (C=O) groups is 2. The predicted octanol–water partition coefficient (Wildman–Crippen LogP) is 3.52. The summed E-state index contributed by atoms with van der Waals surface area (Å²) in [6.07, 6.45) is 5.12. The number of furan rings is 1. The fourth-order valence-corrected chi connectivity index (χ4v) is 3.42. The van der Waals surface area contributed by atoms with Gasteiger partial charge in [-0.15, -0.1) is 0 Å². The van der Waals surface area contributed by atoms with Crippen molar-refractivity contribution in [1.82, 2.24) is 9.80 Å². The number of amides is 1. The van der Waals surface area contributed by atoms with Crippen molar-refractivity contribution in [1.29, 1.82) is 0 Å². The number of allylic oxidation sites excluding steroid dienone is 1. The van der Waals surface area contributed by atoms with Gasteiger partial charge in [0.2, 0.25) is 0 Å². The lowest BCUT2D eigenvalue weighted by Crippen LogP contribution is -2.33. The Labute approximate surface area is 170 Å². The third-order valence-corrected chi connectivity index (χ3v) is 4.91. The van der Waals surface area contributed by atoms with Gasteiger partial charge in [0.15, 0.2) is 11.5 Å². The van der Waals surface area contributed by atoms with Gasteiger partial charge in [-0.25, -0.2) is 0 Å². The Morgan fingerprint density at radius 1 is 1.24 bits per heavy atom. The van der Waals surface area contributed by atoms with Crippen molar-refractivity contribution < 1.29 is 19.1 Å². The normalized spacial score (nSPS) is 17.2. The molecule has 1 aliphatic heterocycles. The molecule has 1 amide bonds. The van der Waals surface area contributed by atoms with Gasteiger partial charge in [0.1, 0.15) is 5.76 Å². The van der Waals surface area contributed by atoms with Gasteiger partial charge in [-0.3, -0.25) is 9.59 Å². The lowest BCUT2D eigenvalue weighted by molar-refractivity contribution is -0.129. The number of hydrogen-bond acceptors (Lipinski definition) is 5. The molecule has 0 fully saturated rings. The number of ketones is 1. The minimum absolute atomic E-state index is 0.103. The topological polar surface area (TPSA) is 74.0 Å². The lowest BCUT2D eigenvalue weighted by atomic mass is 9.95. The Bertz CT molecular complexity index is 924. The number of aryl methyl sites for hydroxylation is 1. The molecule has 2 heterocycles. The van der Waals surface area contributed by atoms with E-state index in [1.165, 1.54) is 18.4 Å². The van der Waals surface area contributed by atoms with Gasteiger partial charge in [0, 0.05) is 6.54 Å². The molecule has 0 saturated heterocycles. The maximum atomic E-state index is 12.9. The number of aliphatic hydroxyl groups is 1. The van der Waals surface area contributed by atoms with Crippen LogP contribution in [-0.4, -0.2) is 53.8 Å². The highest BCUT2D eigenvalue weighted by molar-refractivity contribution is 6.14. The van der Waals surface area contributed by atoms with Crippen LogP contribution >= 0.6 is 0 Å². The zero-order valence-electron chi connectivity index (χ0n) is 17.0. The summed E-state index contributed by atoms with van der Waals surface area (Å²) in [5, 5.41) is 10.6. The van der Waals surface area contributed by atoms with Gasteiger partial charge in [-0.05, 0) is 63.8 Å². The van der Waals surface area contributed by atoms with Crippen molar-refractivity contribution in [3.8, 4) is 0 Å². The van der Waals surface area contributed by atoms with E-state index >= 15 is 0 Å². The SMILES string of the molecule is Cc1ccc(C2C(C(=O)/C=C/c3ccco3)=C(O)C(=O)N2CCCN(C)C)cc1. The monoisotopic (exact) mass is 394 g/mol. The second-order valence-corrected chi connectivity index (χ2v) is 7.44. The molecule has 0 saturated carbocycles. The minimum Gasteiger partial charge on any atom is -0.503 e. The molecule has 152 valence electrons. The van der Waals surface area contributed by atoms with Gasteiger partial charge in [0.05, 0.1) is 17.9 Å². The molecule has 6 nitrogen and oxygen atoms in total. The maximum absolute atomic E-state index is 12.9. The average Bonchev–Trinajstić information content (AvgIpc) is 3.29. The molecule has 0 bridgehead atoms. The van der Waals surface area contributed by atoms with E-state index < -0.39 is 23.5 Å². The number of hydrogen-bond donors (Lipinski definition) is 1. The van der Waals surface area contributed by atoms with Gasteiger partial charge in [-0.1, -0.05) is 29.8 Å². The molecule has 1 atom stereocenters. The molecular weight excluding hydrogens is 368 g/mol. The van der Waals surface area contributed by atoms with Crippen LogP contribution in [0.25, 0.3) is 6.08 Å². The van der Waals surface area contributed by atoms with Crippen LogP contribution in [0.4, 0.5) is 0 Å². The van der Waals surface area contributed by atoms with Crippen molar-refractivity contribution in [2.45, 2.75) is 19.4 Å². The number of nitrogens with zero attached hydrogens (tertiary/aromatic N) is 2. The van der Waals surface area contributed by atoms with Gasteiger partial charge < -0.3 is 19.3 Å². The first-order chi connectivity index (χ1) is 13.9. The van der Waals surface area contributed by atoms with Crippen LogP contribution in [0, 0.1) is 6.92 Å². The van der Waals surface area contributed by atoms with Crippen LogP contribution in [-0.2, 0) is 9.59 Å². The molecule has 0 spiro atoms. The second-order valence-electron chi connectivity index (χ2n) is 7.44. The first-order valence-electron chi connectivity index (χ1n) is 9.60. The van der Waals surface area contributed by atoms with Crippen LogP contribution in [0.3, 0.4) is 0 Å². The third kappa shape index (κ3) is 4.66. The Balaban J connectivity index is 1.93. The fraction of sp³-hybridized carbons (Fsp3) is 0.304. The van der Waals surface area contributed by atoms with Crippen molar-refractivity contribution in [3.63, 3.8) is 0 Å². The highest BCUT2D eigenvalue weighted by atomic mass is 16.3. The van der Waals surface area contributed by atoms with E-state index in [2.05, 4.69) is 0 Å². The molecule has 1 unspecified atom stereocenters. The van der Waals surface area contributed by atoms with E-state index in [0.29, 0.717) is 12.3 Å². The van der Waals surface area contributed by atoms with Crippen molar-refractivity contribution >= 4 is 17.8 Å². The lowest BCUT2D eigenvalue weighted by Gasteiger charge is -2.27. The van der Waals surface area contributed by atoms with E-state index in [1.807, 2.05) is 50.2 Å². The summed E-state index contributed by atoms with van der Waals surface area (Å²) in [6, 6.07) is 10.5. The van der Waals surface area contributed by atoms with Gasteiger partial charge in [-0.2, -0.15) is 0 Å². The number of rotatable bonds is 8. The Morgan fingerprint density at radius 2 is 1.97 bits per heavy atom. The molecular formula is C23H26N2O4. The Morgan fingerprint density at radius 3 is 2.59 bits per heavy atom. The smallest absolute Gasteiger partial charge is 0.290 e. The highest BCUT2D eigenvalue weighted by Gasteiger charge is 2.42. The molecule has 29 heavy (non-hydrogen) atoms. The molecule has 0 radical (unpaired) electrons. The quantitative estimate of drug-likeness (QED) is 0.694. The summed E-state index contributed by atoms with van der Waals surface area (Å²) in [5.41, 5.74) is 1.98. The molecule has 0 aliphatic carbocycles. The summed E-state index contributed by atoms with van der Waals surface area (Å²) in [6.45, 7) is 3.22. The summed E-state index contributed by atoms with van der Waals surface area (Å²) >= 11 is 0. The van der Waals surface area contributed by atoms with Crippen molar-refractivity contribution in [3.05, 3.63) is 77.0 Å². The fourth-order valence-electron chi connectivity index (χ4n) is 3.42. The largest absolute Gasteiger partial charge is 0.503 e. The molecule has 2 aromatic rings. The van der Waals surface area contributed by atoms with E-state index in [-0.39, 0.29) is 5.57 Å². The maximum Gasteiger partial charge on any atom is 0.290 e. The van der Waals surface area contributed by atoms with Crippen LogP contribution in [0.15, 0.2) is 64.5 Å². The van der Waals surface area contributed by atoms with E-state index in [1.54, 1.807) is 17.0 Å². The van der Waals surface area contributed by atoms with Crippen LogP contribution in [0.2, 0.25) is 0 Å². The zero-order valence-corrected chi connectivity index (χ0v) is 17.0. The molecule has 1 aliphatic rings. The van der Waals surface area contributed by atoms with E-state index in [0.717, 1.165) is 24.1 Å². The summed E-state index contributed by atoms with van der Waals surface area (Å²) < 4.78 is 5.22. The molecule has 1 aromatic heterocycles. The highest BCUT2D eigenvalue weighted by Crippen LogP contribution is 2.38. The average molecular weight is 394 g/mol. The minimum atomic E-state index is -0.612. The van der Waals surface area contributed by atoms with Gasteiger partial charge >= 0.3 is 0 Å². The molecule has 1 N–H and O–H groups in total. The summed E-state index contributed by atoms with van der Waals surface area (Å²) in [4.78, 5) is 29.3. The van der Waals surface area contributed by atoms with Crippen LogP contribution in [0.1, 0.15) is 29.3 Å². The first-order valence-corrected chi connectivity index (χ1v) is 9.60. The Kier molecular flexibility index (Phi) is 6.34. The summed E-state index contributed by atoms with van der Waals surface area (Å²) in [7, 11) is 3.93. The predicted molar refractivity (Wildman–Crippen MR) is 111 cm³/mol. The zero-order chi connectivity index (χ0) is 21.0. The first kappa shape index (κ1) is 20.6. The molecule has 1 aromatic carbocycles. The molecule has 6 heteroatoms.